The number of benzene rings is 2. The zero-order valence-corrected chi connectivity index (χ0v) is 16.7. The van der Waals surface area contributed by atoms with E-state index in [0.29, 0.717) is 24.3 Å². The molecule has 0 bridgehead atoms. The third kappa shape index (κ3) is 2.93. The normalized spacial score (nSPS) is 18.4. The van der Waals surface area contributed by atoms with Crippen LogP contribution in [0.3, 0.4) is 0 Å². The van der Waals surface area contributed by atoms with Crippen molar-refractivity contribution in [3.63, 3.8) is 0 Å². The van der Waals surface area contributed by atoms with Gasteiger partial charge in [0.15, 0.2) is 5.65 Å². The standard InChI is InChI=1S/C24H20N6O/c25-23-21-22(29-30(17-11-18(31)12-17)24(21)27-13-26-23)16-7-6-15-8-9-19(28-20(15)10-16)14-4-2-1-3-5-14/h1-10,13,17-18,31H,11-12H2,(H2,25,26,27). The zero-order valence-electron chi connectivity index (χ0n) is 16.7. The van der Waals surface area contributed by atoms with Crippen LogP contribution in [0.1, 0.15) is 18.9 Å². The van der Waals surface area contributed by atoms with Gasteiger partial charge in [-0.25, -0.2) is 19.6 Å². The van der Waals surface area contributed by atoms with Crippen molar-refractivity contribution in [2.24, 2.45) is 0 Å². The van der Waals surface area contributed by atoms with Crippen LogP contribution in [0, 0.1) is 0 Å². The number of nitrogens with zero attached hydrogens (tertiary/aromatic N) is 5. The zero-order chi connectivity index (χ0) is 20.9. The lowest BCUT2D eigenvalue weighted by Gasteiger charge is -2.31. The molecule has 6 rings (SSSR count). The molecule has 1 aliphatic carbocycles. The Bertz CT molecular complexity index is 1420. The Morgan fingerprint density at radius 1 is 0.935 bits per heavy atom. The van der Waals surface area contributed by atoms with Gasteiger partial charge in [-0.05, 0) is 25.0 Å². The molecule has 3 aromatic heterocycles. The number of rotatable bonds is 3. The number of fused-ring (bicyclic) bond motifs is 2. The van der Waals surface area contributed by atoms with Crippen LogP contribution in [0.2, 0.25) is 0 Å². The summed E-state index contributed by atoms with van der Waals surface area (Å²) in [6.07, 6.45) is 2.51. The molecule has 1 saturated carbocycles. The molecule has 0 atom stereocenters. The van der Waals surface area contributed by atoms with Gasteiger partial charge >= 0.3 is 0 Å². The second kappa shape index (κ2) is 6.85. The van der Waals surface area contributed by atoms with Crippen LogP contribution in [0.15, 0.2) is 67.0 Å². The van der Waals surface area contributed by atoms with Crippen molar-refractivity contribution in [1.82, 2.24) is 24.7 Å². The largest absolute Gasteiger partial charge is 0.393 e. The first kappa shape index (κ1) is 18.0. The summed E-state index contributed by atoms with van der Waals surface area (Å²) in [4.78, 5) is 13.5. The van der Waals surface area contributed by atoms with E-state index in [0.717, 1.165) is 38.8 Å². The first-order chi connectivity index (χ1) is 15.2. The number of pyridine rings is 1. The van der Waals surface area contributed by atoms with E-state index >= 15 is 0 Å². The summed E-state index contributed by atoms with van der Waals surface area (Å²) >= 11 is 0. The maximum atomic E-state index is 9.76. The monoisotopic (exact) mass is 408 g/mol. The van der Waals surface area contributed by atoms with Crippen molar-refractivity contribution in [1.29, 1.82) is 0 Å². The molecule has 0 radical (unpaired) electrons. The Labute approximate surface area is 178 Å². The lowest BCUT2D eigenvalue weighted by molar-refractivity contribution is 0.0452. The molecule has 2 aromatic carbocycles. The van der Waals surface area contributed by atoms with Gasteiger partial charge in [-0.15, -0.1) is 0 Å². The lowest BCUT2D eigenvalue weighted by Crippen LogP contribution is -2.31. The molecule has 0 amide bonds. The first-order valence-electron chi connectivity index (χ1n) is 10.3. The van der Waals surface area contributed by atoms with Gasteiger partial charge in [-0.3, -0.25) is 0 Å². The molecular weight excluding hydrogens is 388 g/mol. The maximum absolute atomic E-state index is 9.76. The van der Waals surface area contributed by atoms with Crippen molar-refractivity contribution in [3.05, 3.63) is 67.0 Å². The molecule has 5 aromatic rings. The molecular formula is C24H20N6O. The molecule has 3 heterocycles. The Hall–Kier alpha value is -3.84. The Balaban J connectivity index is 1.51. The quantitative estimate of drug-likeness (QED) is 0.468. The molecule has 0 aliphatic heterocycles. The van der Waals surface area contributed by atoms with E-state index in [-0.39, 0.29) is 12.1 Å². The van der Waals surface area contributed by atoms with Gasteiger partial charge in [0.2, 0.25) is 0 Å². The molecule has 0 saturated heterocycles. The average Bonchev–Trinajstić information content (AvgIpc) is 3.17. The number of aromatic nitrogens is 5. The average molecular weight is 408 g/mol. The highest BCUT2D eigenvalue weighted by molar-refractivity contribution is 6.00. The Kier molecular flexibility index (Phi) is 3.97. The van der Waals surface area contributed by atoms with E-state index in [9.17, 15) is 5.11 Å². The molecule has 152 valence electrons. The smallest absolute Gasteiger partial charge is 0.164 e. The second-order valence-corrected chi connectivity index (χ2v) is 8.00. The van der Waals surface area contributed by atoms with Crippen molar-refractivity contribution in [3.8, 4) is 22.5 Å². The number of anilines is 1. The minimum absolute atomic E-state index is 0.115. The summed E-state index contributed by atoms with van der Waals surface area (Å²) in [6.45, 7) is 0. The molecule has 0 unspecified atom stereocenters. The minimum atomic E-state index is -0.284. The topological polar surface area (TPSA) is 103 Å². The molecule has 31 heavy (non-hydrogen) atoms. The van der Waals surface area contributed by atoms with Crippen molar-refractivity contribution >= 4 is 27.8 Å². The predicted molar refractivity (Wildman–Crippen MR) is 120 cm³/mol. The van der Waals surface area contributed by atoms with Gasteiger partial charge in [-0.1, -0.05) is 48.5 Å². The Morgan fingerprint density at radius 3 is 2.55 bits per heavy atom. The molecule has 7 nitrogen and oxygen atoms in total. The third-order valence-electron chi connectivity index (χ3n) is 5.99. The third-order valence-corrected chi connectivity index (χ3v) is 5.99. The van der Waals surface area contributed by atoms with Crippen LogP contribution in [-0.4, -0.2) is 35.9 Å². The number of nitrogens with two attached hydrogens (primary N) is 1. The highest BCUT2D eigenvalue weighted by Gasteiger charge is 2.32. The number of aliphatic hydroxyl groups is 1. The SMILES string of the molecule is Nc1ncnc2c1c(-c1ccc3ccc(-c4ccccc4)nc3c1)nn2C1CC(O)C1. The summed E-state index contributed by atoms with van der Waals surface area (Å²) in [7, 11) is 0. The first-order valence-corrected chi connectivity index (χ1v) is 10.3. The fourth-order valence-corrected chi connectivity index (χ4v) is 4.25. The van der Waals surface area contributed by atoms with Gasteiger partial charge in [0.1, 0.15) is 17.8 Å². The van der Waals surface area contributed by atoms with Gasteiger partial charge in [-0.2, -0.15) is 5.10 Å². The van der Waals surface area contributed by atoms with Gasteiger partial charge in [0.25, 0.3) is 0 Å². The lowest BCUT2D eigenvalue weighted by atomic mass is 9.90. The maximum Gasteiger partial charge on any atom is 0.164 e. The van der Waals surface area contributed by atoms with E-state index in [1.807, 2.05) is 47.1 Å². The Morgan fingerprint density at radius 2 is 1.74 bits per heavy atom. The van der Waals surface area contributed by atoms with E-state index < -0.39 is 0 Å². The van der Waals surface area contributed by atoms with Crippen molar-refractivity contribution in [2.75, 3.05) is 5.73 Å². The van der Waals surface area contributed by atoms with Crippen LogP contribution < -0.4 is 5.73 Å². The van der Waals surface area contributed by atoms with Crippen molar-refractivity contribution < 1.29 is 5.11 Å². The molecule has 3 N–H and O–H groups in total. The van der Waals surface area contributed by atoms with E-state index in [1.165, 1.54) is 6.33 Å². The molecule has 1 fully saturated rings. The van der Waals surface area contributed by atoms with Crippen LogP contribution in [0.5, 0.6) is 0 Å². The summed E-state index contributed by atoms with van der Waals surface area (Å²) in [6, 6.07) is 20.5. The number of nitrogen functional groups attached to an aromatic ring is 1. The molecule has 7 heteroatoms. The number of hydrogen-bond donors (Lipinski definition) is 2. The van der Waals surface area contributed by atoms with Crippen LogP contribution in [0.4, 0.5) is 5.82 Å². The minimum Gasteiger partial charge on any atom is -0.393 e. The number of hydrogen-bond acceptors (Lipinski definition) is 6. The van der Waals surface area contributed by atoms with Gasteiger partial charge < -0.3 is 10.8 Å². The molecule has 0 spiro atoms. The number of aliphatic hydroxyl groups excluding tert-OH is 1. The fraction of sp³-hybridized carbons (Fsp3) is 0.167. The van der Waals surface area contributed by atoms with Crippen molar-refractivity contribution in [2.45, 2.75) is 25.0 Å². The highest BCUT2D eigenvalue weighted by atomic mass is 16.3. The van der Waals surface area contributed by atoms with Gasteiger partial charge in [0.05, 0.1) is 28.7 Å². The van der Waals surface area contributed by atoms with E-state index in [2.05, 4.69) is 28.2 Å². The van der Waals surface area contributed by atoms with E-state index in [4.69, 9.17) is 15.8 Å². The summed E-state index contributed by atoms with van der Waals surface area (Å²) in [5, 5.41) is 16.4. The van der Waals surface area contributed by atoms with Crippen LogP contribution in [-0.2, 0) is 0 Å². The van der Waals surface area contributed by atoms with Crippen LogP contribution in [0.25, 0.3) is 44.5 Å². The highest BCUT2D eigenvalue weighted by Crippen LogP contribution is 2.38. The van der Waals surface area contributed by atoms with E-state index in [1.54, 1.807) is 0 Å². The predicted octanol–water partition coefficient (Wildman–Crippen LogP) is 3.99. The summed E-state index contributed by atoms with van der Waals surface area (Å²) in [5.74, 6) is 0.400. The summed E-state index contributed by atoms with van der Waals surface area (Å²) < 4.78 is 1.88. The fourth-order valence-electron chi connectivity index (χ4n) is 4.25. The summed E-state index contributed by atoms with van der Waals surface area (Å²) in [5.41, 5.74) is 11.5. The van der Waals surface area contributed by atoms with Gasteiger partial charge in [0, 0.05) is 16.5 Å². The second-order valence-electron chi connectivity index (χ2n) is 8.00. The van der Waals surface area contributed by atoms with Crippen LogP contribution >= 0.6 is 0 Å². The molecule has 1 aliphatic rings.